The van der Waals surface area contributed by atoms with Gasteiger partial charge < -0.3 is 19.3 Å². The van der Waals surface area contributed by atoms with Crippen LogP contribution in [0.2, 0.25) is 0 Å². The molecule has 7 nitrogen and oxygen atoms in total. The molecule has 8 heteroatoms. The summed E-state index contributed by atoms with van der Waals surface area (Å²) in [6.45, 7) is 1.26. The summed E-state index contributed by atoms with van der Waals surface area (Å²) in [6, 6.07) is 5.19. The summed E-state index contributed by atoms with van der Waals surface area (Å²) in [5.74, 6) is -1.37. The Morgan fingerprint density at radius 3 is 2.65 bits per heavy atom. The highest BCUT2D eigenvalue weighted by molar-refractivity contribution is 5.97. The highest BCUT2D eigenvalue weighted by atomic mass is 19.1. The second kappa shape index (κ2) is 7.37. The van der Waals surface area contributed by atoms with E-state index in [1.165, 1.54) is 19.4 Å². The minimum absolute atomic E-state index is 0.0368. The van der Waals surface area contributed by atoms with E-state index >= 15 is 4.39 Å². The van der Waals surface area contributed by atoms with E-state index in [-0.39, 0.29) is 28.7 Å². The number of methoxy groups -OCH3 is 1. The molecule has 31 heavy (non-hydrogen) atoms. The third-order valence-electron chi connectivity index (χ3n) is 6.25. The molecule has 1 atom stereocenters. The molecule has 0 amide bonds. The van der Waals surface area contributed by atoms with Crippen molar-refractivity contribution in [2.24, 2.45) is 0 Å². The van der Waals surface area contributed by atoms with E-state index in [9.17, 15) is 14.7 Å². The van der Waals surface area contributed by atoms with E-state index < -0.39 is 17.2 Å². The van der Waals surface area contributed by atoms with Crippen LogP contribution in [0, 0.1) is 5.82 Å². The number of pyridine rings is 2. The summed E-state index contributed by atoms with van der Waals surface area (Å²) in [5.41, 5.74) is 0.887. The molecule has 1 unspecified atom stereocenters. The molecule has 0 spiro atoms. The van der Waals surface area contributed by atoms with Crippen LogP contribution >= 0.6 is 0 Å². The molecular formula is C23H22FN3O4. The average Bonchev–Trinajstić information content (AvgIpc) is 3.50. The topological polar surface area (TPSA) is 84.7 Å². The predicted octanol–water partition coefficient (Wildman–Crippen LogP) is 3.57. The zero-order valence-electron chi connectivity index (χ0n) is 17.0. The van der Waals surface area contributed by atoms with Gasteiger partial charge in [-0.15, -0.1) is 0 Å². The fourth-order valence-electron chi connectivity index (χ4n) is 4.60. The number of ether oxygens (including phenoxy) is 1. The van der Waals surface area contributed by atoms with E-state index in [0.717, 1.165) is 24.8 Å². The molecule has 1 saturated heterocycles. The first-order valence-electron chi connectivity index (χ1n) is 10.3. The molecule has 5 rings (SSSR count). The Morgan fingerprint density at radius 2 is 2.00 bits per heavy atom. The Kier molecular flexibility index (Phi) is 4.64. The average molecular weight is 423 g/mol. The zero-order valence-corrected chi connectivity index (χ0v) is 17.0. The predicted molar refractivity (Wildman–Crippen MR) is 114 cm³/mol. The number of aromatic nitrogens is 2. The summed E-state index contributed by atoms with van der Waals surface area (Å²) < 4.78 is 22.8. The van der Waals surface area contributed by atoms with Crippen molar-refractivity contribution in [2.45, 2.75) is 31.2 Å². The van der Waals surface area contributed by atoms with Gasteiger partial charge in [-0.1, -0.05) is 0 Å². The van der Waals surface area contributed by atoms with Gasteiger partial charge in [-0.3, -0.25) is 9.78 Å². The quantitative estimate of drug-likeness (QED) is 0.675. The number of nitrogens with zero attached hydrogens (tertiary/aromatic N) is 3. The number of carbonyl (C=O) groups is 1. The lowest BCUT2D eigenvalue weighted by molar-refractivity contribution is 0.0695. The fraction of sp³-hybridized carbons (Fsp3) is 0.348. The van der Waals surface area contributed by atoms with Crippen molar-refractivity contribution >= 4 is 22.6 Å². The maximum Gasteiger partial charge on any atom is 0.341 e. The standard InChI is InChI=1S/C23H22FN3O4/c1-31-22-19-16(21(28)17(23(29)30)12-27(19)15-2-3-15)10-18(24)20(22)26-9-6-14(11-26)13-4-7-25-8-5-13/h4-5,7-8,10,12,14-15H,2-3,6,9,11H2,1H3,(H,29,30). The van der Waals surface area contributed by atoms with Crippen LogP contribution in [0.5, 0.6) is 5.75 Å². The number of benzene rings is 1. The Labute approximate surface area is 177 Å². The molecule has 160 valence electrons. The van der Waals surface area contributed by atoms with Crippen LogP contribution in [-0.4, -0.2) is 40.8 Å². The summed E-state index contributed by atoms with van der Waals surface area (Å²) >= 11 is 0. The van der Waals surface area contributed by atoms with Crippen LogP contribution in [-0.2, 0) is 0 Å². The van der Waals surface area contributed by atoms with E-state index in [1.54, 1.807) is 17.0 Å². The number of aromatic carboxylic acids is 1. The van der Waals surface area contributed by atoms with Gasteiger partial charge in [0.25, 0.3) is 0 Å². The van der Waals surface area contributed by atoms with Crippen molar-refractivity contribution in [3.05, 3.63) is 64.0 Å². The Bertz CT molecular complexity index is 1240. The van der Waals surface area contributed by atoms with Crippen molar-refractivity contribution in [3.8, 4) is 5.75 Å². The number of halogens is 1. The summed E-state index contributed by atoms with van der Waals surface area (Å²) in [5, 5.41) is 9.50. The van der Waals surface area contributed by atoms with E-state index in [1.807, 2.05) is 17.0 Å². The third-order valence-corrected chi connectivity index (χ3v) is 6.25. The minimum atomic E-state index is -1.32. The lowest BCUT2D eigenvalue weighted by Crippen LogP contribution is -2.24. The van der Waals surface area contributed by atoms with Gasteiger partial charge in [0.2, 0.25) is 5.43 Å². The van der Waals surface area contributed by atoms with Crippen LogP contribution in [0.4, 0.5) is 10.1 Å². The summed E-state index contributed by atoms with van der Waals surface area (Å²) in [4.78, 5) is 30.4. The molecular weight excluding hydrogens is 401 g/mol. The molecule has 0 radical (unpaired) electrons. The van der Waals surface area contributed by atoms with Crippen LogP contribution < -0.4 is 15.1 Å². The summed E-state index contributed by atoms with van der Waals surface area (Å²) in [6.07, 6.45) is 7.49. The highest BCUT2D eigenvalue weighted by Crippen LogP contribution is 2.45. The summed E-state index contributed by atoms with van der Waals surface area (Å²) in [7, 11) is 1.46. The number of rotatable bonds is 5. The molecule has 2 aromatic heterocycles. The second-order valence-electron chi connectivity index (χ2n) is 8.16. The fourth-order valence-corrected chi connectivity index (χ4v) is 4.60. The van der Waals surface area contributed by atoms with Crippen molar-refractivity contribution < 1.29 is 19.0 Å². The maximum atomic E-state index is 15.4. The van der Waals surface area contributed by atoms with Gasteiger partial charge >= 0.3 is 5.97 Å². The monoisotopic (exact) mass is 423 g/mol. The smallest absolute Gasteiger partial charge is 0.341 e. The second-order valence-corrected chi connectivity index (χ2v) is 8.16. The normalized spacial score (nSPS) is 18.5. The van der Waals surface area contributed by atoms with Gasteiger partial charge in [-0.25, -0.2) is 9.18 Å². The SMILES string of the molecule is COc1c(N2CCC(c3ccncc3)C2)c(F)cc2c(=O)c(C(=O)O)cn(C3CC3)c12. The molecule has 2 fully saturated rings. The maximum absolute atomic E-state index is 15.4. The first-order valence-corrected chi connectivity index (χ1v) is 10.3. The molecule has 3 heterocycles. The molecule has 2 aliphatic rings. The van der Waals surface area contributed by atoms with Gasteiger partial charge in [-0.05, 0) is 43.0 Å². The number of hydrogen-bond donors (Lipinski definition) is 1. The lowest BCUT2D eigenvalue weighted by Gasteiger charge is -2.25. The number of carboxylic acid groups (broad SMARTS) is 1. The zero-order chi connectivity index (χ0) is 21.7. The third kappa shape index (κ3) is 3.22. The van der Waals surface area contributed by atoms with Crippen molar-refractivity contribution in [1.82, 2.24) is 9.55 Å². The van der Waals surface area contributed by atoms with E-state index in [0.29, 0.717) is 24.3 Å². The minimum Gasteiger partial charge on any atom is -0.492 e. The highest BCUT2D eigenvalue weighted by Gasteiger charge is 2.33. The molecule has 1 saturated carbocycles. The number of carboxylic acids is 1. The Morgan fingerprint density at radius 1 is 1.26 bits per heavy atom. The van der Waals surface area contributed by atoms with Crippen LogP contribution in [0.15, 0.2) is 41.6 Å². The van der Waals surface area contributed by atoms with Gasteiger partial charge in [0, 0.05) is 43.6 Å². The number of hydrogen-bond acceptors (Lipinski definition) is 5. The molecule has 1 aromatic carbocycles. The van der Waals surface area contributed by atoms with Gasteiger partial charge in [0.1, 0.15) is 11.3 Å². The van der Waals surface area contributed by atoms with Gasteiger partial charge in [-0.2, -0.15) is 0 Å². The Hall–Kier alpha value is -3.42. The largest absolute Gasteiger partial charge is 0.492 e. The van der Waals surface area contributed by atoms with Crippen LogP contribution in [0.1, 0.15) is 47.1 Å². The molecule has 1 N–H and O–H groups in total. The lowest BCUT2D eigenvalue weighted by atomic mass is 10.00. The van der Waals surface area contributed by atoms with Crippen molar-refractivity contribution in [3.63, 3.8) is 0 Å². The molecule has 1 aliphatic heterocycles. The molecule has 1 aliphatic carbocycles. The van der Waals surface area contributed by atoms with Crippen LogP contribution in [0.3, 0.4) is 0 Å². The molecule has 3 aromatic rings. The van der Waals surface area contributed by atoms with E-state index in [2.05, 4.69) is 4.98 Å². The Balaban J connectivity index is 1.67. The number of fused-ring (bicyclic) bond motifs is 1. The first kappa shape index (κ1) is 19.5. The molecule has 0 bridgehead atoms. The van der Waals surface area contributed by atoms with Crippen LogP contribution in [0.25, 0.3) is 10.9 Å². The van der Waals surface area contributed by atoms with Gasteiger partial charge in [0.05, 0.1) is 18.0 Å². The van der Waals surface area contributed by atoms with E-state index in [4.69, 9.17) is 4.74 Å². The first-order chi connectivity index (χ1) is 15.0. The number of anilines is 1. The van der Waals surface area contributed by atoms with Crippen molar-refractivity contribution in [2.75, 3.05) is 25.1 Å². The van der Waals surface area contributed by atoms with Gasteiger partial charge in [0.15, 0.2) is 11.6 Å². The van der Waals surface area contributed by atoms with Crippen molar-refractivity contribution in [1.29, 1.82) is 0 Å².